The summed E-state index contributed by atoms with van der Waals surface area (Å²) in [5, 5.41) is 24.3. The van der Waals surface area contributed by atoms with Crippen LogP contribution in [-0.4, -0.2) is 56.2 Å². The highest BCUT2D eigenvalue weighted by Gasteiger charge is 2.54. The van der Waals surface area contributed by atoms with Crippen molar-refractivity contribution in [1.29, 1.82) is 0 Å². The van der Waals surface area contributed by atoms with Crippen molar-refractivity contribution < 1.29 is 40.8 Å². The Morgan fingerprint density at radius 1 is 1.23 bits per heavy atom. The molecule has 3 aromatic rings. The third-order valence-electron chi connectivity index (χ3n) is 6.03. The van der Waals surface area contributed by atoms with Gasteiger partial charge in [-0.25, -0.2) is 9.36 Å². The number of aromatic amines is 1. The zero-order valence-electron chi connectivity index (χ0n) is 23.6. The van der Waals surface area contributed by atoms with Gasteiger partial charge in [0.05, 0.1) is 9.35 Å². The van der Waals surface area contributed by atoms with Crippen molar-refractivity contribution in [2.24, 2.45) is 0 Å². The van der Waals surface area contributed by atoms with E-state index in [0.29, 0.717) is 4.57 Å². The number of H-pyrrole nitrogens is 1. The van der Waals surface area contributed by atoms with Gasteiger partial charge in [-0.1, -0.05) is 48.5 Å². The molecule has 1 fully saturated rings. The summed E-state index contributed by atoms with van der Waals surface area (Å²) in [4.78, 5) is 38.6. The van der Waals surface area contributed by atoms with Gasteiger partial charge in [-0.2, -0.15) is 5.09 Å². The number of esters is 1. The lowest BCUT2D eigenvalue weighted by Crippen LogP contribution is -2.47. The van der Waals surface area contributed by atoms with Gasteiger partial charge in [-0.3, -0.25) is 23.7 Å². The first-order valence-corrected chi connectivity index (χ1v) is 13.7. The lowest BCUT2D eigenvalue weighted by molar-refractivity contribution is -0.146. The molecule has 2 unspecified atom stereocenters. The molecule has 4 rings (SSSR count). The minimum Gasteiger partial charge on any atom is -0.460 e. The molecule has 1 aliphatic heterocycles. The first kappa shape index (κ1) is 26.6. The summed E-state index contributed by atoms with van der Waals surface area (Å²) in [5.41, 5.74) is -3.74. The molecule has 0 bridgehead atoms. The van der Waals surface area contributed by atoms with Crippen LogP contribution < -0.4 is 20.9 Å². The van der Waals surface area contributed by atoms with Gasteiger partial charge in [0.2, 0.25) is 0 Å². The fraction of sp³-hybridized carbons (Fsp3) is 0.346. The zero-order valence-corrected chi connectivity index (χ0v) is 22.4. The summed E-state index contributed by atoms with van der Waals surface area (Å²) in [5.74, 6) is -0.635. The monoisotopic (exact) mass is 577 g/mol. The first-order valence-electron chi connectivity index (χ1n) is 13.2. The molecular weight excluding hydrogens is 545 g/mol. The maximum atomic E-state index is 13.8. The number of aliphatic hydroxyl groups excluding tert-OH is 1. The van der Waals surface area contributed by atoms with Crippen LogP contribution in [-0.2, 0) is 30.0 Å². The van der Waals surface area contributed by atoms with Gasteiger partial charge in [0.25, 0.3) is 5.56 Å². The number of carbonyl (C=O) groups is 1. The van der Waals surface area contributed by atoms with E-state index in [2.05, 4.69) is 5.09 Å². The Balaban J connectivity index is 1.51. The number of rotatable bonds is 11. The predicted octanol–water partition coefficient (Wildman–Crippen LogP) is 1.47. The van der Waals surface area contributed by atoms with Crippen LogP contribution in [0.5, 0.6) is 5.75 Å². The summed E-state index contributed by atoms with van der Waals surface area (Å²) in [6.07, 6.45) is -5.78. The average molecular weight is 578 g/mol. The fourth-order valence-corrected chi connectivity index (χ4v) is 5.40. The van der Waals surface area contributed by atoms with Crippen molar-refractivity contribution in [2.45, 2.75) is 50.5 Å². The summed E-state index contributed by atoms with van der Waals surface area (Å²) in [7, 11) is -4.40. The van der Waals surface area contributed by atoms with E-state index < -0.39 is 73.9 Å². The van der Waals surface area contributed by atoms with E-state index in [1.54, 1.807) is 42.5 Å². The van der Waals surface area contributed by atoms with Crippen LogP contribution in [0.2, 0.25) is 0 Å². The second kappa shape index (κ2) is 12.3. The fourth-order valence-electron chi connectivity index (χ4n) is 3.89. The molecule has 1 aliphatic rings. The topological polar surface area (TPSA) is 178 Å². The standard InChI is InChI=1S/C26H30N3O10P/c1-17(23(32)36-15-18-9-5-3-6-10-18)28-40(35,39-19-11-7-4-8-12-19)37-16-20-22(31)26(2,34)24(38-20)29-14-13-21(30)27-25(29)33/h3-14,17,20,22,24,31,34H,15-16H2,1-2H3,(H,28,35)(H,27,30,33)/t17?,20-,22-,24-,26-,40?/m1/s1/i13D,14D. The van der Waals surface area contributed by atoms with E-state index in [-0.39, 0.29) is 12.4 Å². The molecule has 2 aromatic carbocycles. The van der Waals surface area contributed by atoms with E-state index >= 15 is 0 Å². The molecule has 4 N–H and O–H groups in total. The predicted molar refractivity (Wildman–Crippen MR) is 141 cm³/mol. The van der Waals surface area contributed by atoms with E-state index in [4.69, 9.17) is 21.3 Å². The lowest BCUT2D eigenvalue weighted by Gasteiger charge is -2.27. The van der Waals surface area contributed by atoms with Crippen LogP contribution in [0.4, 0.5) is 0 Å². The van der Waals surface area contributed by atoms with Crippen LogP contribution >= 0.6 is 7.75 Å². The average Bonchev–Trinajstić information content (AvgIpc) is 3.18. The van der Waals surface area contributed by atoms with Crippen molar-refractivity contribution >= 4 is 13.7 Å². The normalized spacial score (nSPS) is 25.4. The Kier molecular flexibility index (Phi) is 8.19. The van der Waals surface area contributed by atoms with Crippen LogP contribution in [0.3, 0.4) is 0 Å². The van der Waals surface area contributed by atoms with Crippen LogP contribution in [0.15, 0.2) is 82.5 Å². The van der Waals surface area contributed by atoms with E-state index in [1.165, 1.54) is 19.1 Å². The van der Waals surface area contributed by atoms with Gasteiger partial charge in [0.1, 0.15) is 36.2 Å². The van der Waals surface area contributed by atoms with Gasteiger partial charge in [-0.05, 0) is 31.5 Å². The van der Waals surface area contributed by atoms with E-state index in [0.717, 1.165) is 12.5 Å². The van der Waals surface area contributed by atoms with Gasteiger partial charge in [0.15, 0.2) is 6.23 Å². The molecule has 0 radical (unpaired) electrons. The summed E-state index contributed by atoms with van der Waals surface area (Å²) < 4.78 is 52.1. The SMILES string of the molecule is [2H]c1c([2H])n([C@@H]2O[C@H](COP(=O)(NC(C)C(=O)OCc3ccccc3)Oc3ccccc3)[C@@H](O)[C@@]2(C)O)c(=O)[nH]c1=O. The molecule has 40 heavy (non-hydrogen) atoms. The molecule has 0 saturated carbocycles. The molecular formula is C26H30N3O10P. The maximum Gasteiger partial charge on any atom is 0.459 e. The number of hydrogen-bond donors (Lipinski definition) is 4. The minimum atomic E-state index is -4.40. The molecule has 214 valence electrons. The van der Waals surface area contributed by atoms with E-state index in [9.17, 15) is 29.2 Å². The second-order valence-corrected chi connectivity index (χ2v) is 10.9. The van der Waals surface area contributed by atoms with Gasteiger partial charge >= 0.3 is 19.4 Å². The summed E-state index contributed by atoms with van der Waals surface area (Å²) in [6.45, 7) is 1.79. The maximum absolute atomic E-state index is 13.8. The third-order valence-corrected chi connectivity index (χ3v) is 7.67. The van der Waals surface area contributed by atoms with Crippen molar-refractivity contribution in [3.8, 4) is 5.75 Å². The van der Waals surface area contributed by atoms with Gasteiger partial charge in [-0.15, -0.1) is 0 Å². The molecule has 6 atom stereocenters. The van der Waals surface area contributed by atoms with Crippen molar-refractivity contribution in [1.82, 2.24) is 14.6 Å². The third kappa shape index (κ3) is 6.94. The summed E-state index contributed by atoms with van der Waals surface area (Å²) in [6, 6.07) is 14.8. The molecule has 0 aliphatic carbocycles. The molecule has 2 heterocycles. The molecule has 1 aromatic heterocycles. The molecule has 0 spiro atoms. The van der Waals surface area contributed by atoms with Gasteiger partial charge < -0.3 is 24.2 Å². The van der Waals surface area contributed by atoms with Crippen molar-refractivity contribution in [3.05, 3.63) is 99.3 Å². The van der Waals surface area contributed by atoms with E-state index in [1.807, 2.05) is 11.1 Å². The number of hydrogen-bond acceptors (Lipinski definition) is 10. The smallest absolute Gasteiger partial charge is 0.459 e. The first-order chi connectivity index (χ1) is 19.8. The highest BCUT2D eigenvalue weighted by molar-refractivity contribution is 7.52. The van der Waals surface area contributed by atoms with Crippen LogP contribution in [0, 0.1) is 0 Å². The number of benzene rings is 2. The van der Waals surface area contributed by atoms with Gasteiger partial charge in [0, 0.05) is 12.2 Å². The second-order valence-electron chi connectivity index (χ2n) is 9.21. The molecule has 0 amide bonds. The Hall–Kier alpha value is -3.58. The highest BCUT2D eigenvalue weighted by atomic mass is 31.2. The number of nitrogens with one attached hydrogen (secondary N) is 2. The Morgan fingerprint density at radius 3 is 2.55 bits per heavy atom. The van der Waals surface area contributed by atoms with Crippen molar-refractivity contribution in [2.75, 3.05) is 6.61 Å². The largest absolute Gasteiger partial charge is 0.460 e. The minimum absolute atomic E-state index is 0.0306. The van der Waals surface area contributed by atoms with Crippen LogP contribution in [0.1, 0.15) is 28.4 Å². The molecule has 13 nitrogen and oxygen atoms in total. The number of aliphatic hydroxyl groups is 2. The number of aromatic nitrogens is 2. The van der Waals surface area contributed by atoms with Crippen LogP contribution in [0.25, 0.3) is 0 Å². The Labute approximate surface area is 231 Å². The summed E-state index contributed by atoms with van der Waals surface area (Å²) >= 11 is 0. The molecule has 14 heteroatoms. The van der Waals surface area contributed by atoms with Crippen molar-refractivity contribution in [3.63, 3.8) is 0 Å². The Bertz CT molecular complexity index is 1570. The zero-order chi connectivity index (χ0) is 30.7. The number of ether oxygens (including phenoxy) is 2. The molecule has 1 saturated heterocycles. The highest BCUT2D eigenvalue weighted by Crippen LogP contribution is 2.46. The number of nitrogens with zero attached hydrogens (tertiary/aromatic N) is 1. The number of para-hydroxylation sites is 1. The number of carbonyl (C=O) groups excluding carboxylic acids is 1. The lowest BCUT2D eigenvalue weighted by atomic mass is 9.96. The quantitative estimate of drug-likeness (QED) is 0.192. The Morgan fingerprint density at radius 2 is 1.88 bits per heavy atom.